The van der Waals surface area contributed by atoms with Crippen LogP contribution in [0.2, 0.25) is 20.1 Å². The van der Waals surface area contributed by atoms with Crippen LogP contribution in [0.3, 0.4) is 0 Å². The molecule has 0 radical (unpaired) electrons. The van der Waals surface area contributed by atoms with Crippen molar-refractivity contribution >= 4 is 91.9 Å². The summed E-state index contributed by atoms with van der Waals surface area (Å²) in [4.78, 5) is 64.2. The minimum absolute atomic E-state index is 0.0168. The van der Waals surface area contributed by atoms with Crippen molar-refractivity contribution in [1.29, 1.82) is 0 Å². The van der Waals surface area contributed by atoms with Crippen LogP contribution in [0.4, 0.5) is 0 Å². The second kappa shape index (κ2) is 12.0. The molecule has 9 nitrogen and oxygen atoms in total. The molecule has 0 fully saturated rings. The Morgan fingerprint density at radius 3 is 1.89 bits per heavy atom. The van der Waals surface area contributed by atoms with Crippen LogP contribution in [0.5, 0.6) is 0 Å². The number of fused-ring (bicyclic) bond motifs is 1. The Morgan fingerprint density at radius 1 is 0.892 bits per heavy atom. The molecule has 14 heteroatoms. The average Bonchev–Trinajstić information content (AvgIpc) is 3.11. The summed E-state index contributed by atoms with van der Waals surface area (Å²) in [5, 5.41) is -0.964. The summed E-state index contributed by atoms with van der Waals surface area (Å²) in [6.45, 7) is 2.73. The van der Waals surface area contributed by atoms with E-state index in [0.29, 0.717) is 4.90 Å². The van der Waals surface area contributed by atoms with Gasteiger partial charge >= 0.3 is 5.97 Å². The second-order valence-electron chi connectivity index (χ2n) is 8.25. The van der Waals surface area contributed by atoms with Crippen molar-refractivity contribution in [2.75, 3.05) is 6.61 Å². The minimum atomic E-state index is -1.40. The van der Waals surface area contributed by atoms with Crippen LogP contribution in [-0.2, 0) is 14.3 Å². The highest BCUT2D eigenvalue weighted by molar-refractivity contribution is 9.10. The molecule has 2 aromatic carbocycles. The van der Waals surface area contributed by atoms with E-state index in [4.69, 9.17) is 51.1 Å². The number of amides is 4. The standard InChI is InChI=1S/C23H18BrCl4N3O6/c1-9(2)7-12(31-21(34)14-15(22(31)35)17(26)19(28)18(27)16(14)25)23(36)37-8-13(32)29-30-20(33)10-3-5-11(24)6-4-10/h3-6,9,12H,7-8H2,1-2H3,(H,29,32)(H,30,33)/t12-/m1/s1. The first-order valence-electron chi connectivity index (χ1n) is 10.6. The zero-order valence-electron chi connectivity index (χ0n) is 19.2. The highest BCUT2D eigenvalue weighted by atomic mass is 79.9. The maximum absolute atomic E-state index is 13.2. The number of hydrogen-bond donors (Lipinski definition) is 2. The van der Waals surface area contributed by atoms with Gasteiger partial charge in [-0.1, -0.05) is 76.2 Å². The zero-order valence-corrected chi connectivity index (χ0v) is 23.8. The number of nitrogens with one attached hydrogen (secondary N) is 2. The number of hydrazine groups is 1. The summed E-state index contributed by atoms with van der Waals surface area (Å²) in [5.74, 6) is -4.45. The molecule has 1 heterocycles. The highest BCUT2D eigenvalue weighted by Gasteiger charge is 2.47. The Kier molecular flexibility index (Phi) is 9.47. The summed E-state index contributed by atoms with van der Waals surface area (Å²) in [5.41, 5.74) is 4.03. The molecule has 1 atom stereocenters. The lowest BCUT2D eigenvalue weighted by molar-refractivity contribution is -0.153. The van der Waals surface area contributed by atoms with E-state index in [1.165, 1.54) is 12.1 Å². The second-order valence-corrected chi connectivity index (χ2v) is 10.7. The smallest absolute Gasteiger partial charge is 0.329 e. The number of hydrogen-bond acceptors (Lipinski definition) is 6. The molecule has 196 valence electrons. The van der Waals surface area contributed by atoms with Crippen LogP contribution in [0.25, 0.3) is 0 Å². The number of carbonyl (C=O) groups excluding carboxylic acids is 5. The fourth-order valence-corrected chi connectivity index (χ4v) is 4.75. The monoisotopic (exact) mass is 651 g/mol. The van der Waals surface area contributed by atoms with Crippen molar-refractivity contribution in [1.82, 2.24) is 15.8 Å². The molecule has 2 N–H and O–H groups in total. The first-order chi connectivity index (χ1) is 17.3. The molecular formula is C23H18BrCl4N3O6. The lowest BCUT2D eigenvalue weighted by Gasteiger charge is -2.25. The average molecular weight is 654 g/mol. The highest BCUT2D eigenvalue weighted by Crippen LogP contribution is 2.45. The van der Waals surface area contributed by atoms with Crippen molar-refractivity contribution < 1.29 is 28.7 Å². The van der Waals surface area contributed by atoms with Gasteiger partial charge in [0.05, 0.1) is 31.2 Å². The van der Waals surface area contributed by atoms with E-state index in [2.05, 4.69) is 26.8 Å². The van der Waals surface area contributed by atoms with Crippen LogP contribution in [0, 0.1) is 5.92 Å². The van der Waals surface area contributed by atoms with Gasteiger partial charge in [-0.25, -0.2) is 4.79 Å². The van der Waals surface area contributed by atoms with Crippen molar-refractivity contribution in [2.45, 2.75) is 26.3 Å². The minimum Gasteiger partial charge on any atom is -0.454 e. The summed E-state index contributed by atoms with van der Waals surface area (Å²) < 4.78 is 5.83. The van der Waals surface area contributed by atoms with Crippen LogP contribution in [0.1, 0.15) is 51.3 Å². The Balaban J connectivity index is 1.71. The maximum atomic E-state index is 13.2. The molecule has 4 amide bonds. The van der Waals surface area contributed by atoms with Gasteiger partial charge in [-0.2, -0.15) is 0 Å². The van der Waals surface area contributed by atoms with Gasteiger partial charge in [0, 0.05) is 10.0 Å². The lowest BCUT2D eigenvalue weighted by Crippen LogP contribution is -2.48. The van der Waals surface area contributed by atoms with Crippen molar-refractivity contribution in [3.05, 3.63) is 65.5 Å². The molecule has 0 spiro atoms. The number of esters is 1. The fraction of sp³-hybridized carbons (Fsp3) is 0.261. The van der Waals surface area contributed by atoms with Crippen LogP contribution < -0.4 is 10.9 Å². The number of imide groups is 1. The quantitative estimate of drug-likeness (QED) is 0.141. The molecule has 0 aromatic heterocycles. The van der Waals surface area contributed by atoms with E-state index in [1.807, 2.05) is 0 Å². The largest absolute Gasteiger partial charge is 0.454 e. The van der Waals surface area contributed by atoms with Crippen LogP contribution in [0.15, 0.2) is 28.7 Å². The summed E-state index contributed by atoms with van der Waals surface area (Å²) in [6.07, 6.45) is 0.0168. The fourth-order valence-electron chi connectivity index (χ4n) is 3.47. The van der Waals surface area contributed by atoms with Crippen molar-refractivity contribution in [2.24, 2.45) is 5.92 Å². The molecule has 3 rings (SSSR count). The van der Waals surface area contributed by atoms with E-state index in [1.54, 1.807) is 26.0 Å². The third kappa shape index (κ3) is 6.21. The van der Waals surface area contributed by atoms with Gasteiger partial charge in [-0.3, -0.25) is 34.9 Å². The zero-order chi connectivity index (χ0) is 27.6. The van der Waals surface area contributed by atoms with Gasteiger partial charge in [0.2, 0.25) is 0 Å². The normalized spacial score (nSPS) is 13.5. The number of halogens is 5. The SMILES string of the molecule is CC(C)C[C@H](C(=O)OCC(=O)NNC(=O)c1ccc(Br)cc1)N1C(=O)c2c(Cl)c(Cl)c(Cl)c(Cl)c2C1=O. The topological polar surface area (TPSA) is 122 Å². The van der Waals surface area contributed by atoms with Gasteiger partial charge in [0.25, 0.3) is 23.6 Å². The number of carbonyl (C=O) groups is 5. The van der Waals surface area contributed by atoms with E-state index in [-0.39, 0.29) is 49.1 Å². The molecule has 37 heavy (non-hydrogen) atoms. The molecule has 1 aliphatic rings. The molecule has 0 aliphatic carbocycles. The van der Waals surface area contributed by atoms with Crippen LogP contribution >= 0.6 is 62.3 Å². The Labute approximate surface area is 239 Å². The van der Waals surface area contributed by atoms with Gasteiger partial charge in [-0.05, 0) is 36.6 Å². The lowest BCUT2D eigenvalue weighted by atomic mass is 10.0. The number of benzene rings is 2. The van der Waals surface area contributed by atoms with Crippen LogP contribution in [-0.4, -0.2) is 47.1 Å². The maximum Gasteiger partial charge on any atom is 0.329 e. The van der Waals surface area contributed by atoms with E-state index < -0.39 is 42.2 Å². The summed E-state index contributed by atoms with van der Waals surface area (Å²) in [7, 11) is 0. The van der Waals surface area contributed by atoms with E-state index in [9.17, 15) is 24.0 Å². The Morgan fingerprint density at radius 2 is 1.41 bits per heavy atom. The molecule has 0 saturated carbocycles. The molecule has 0 bridgehead atoms. The van der Waals surface area contributed by atoms with Crippen molar-refractivity contribution in [3.63, 3.8) is 0 Å². The predicted octanol–water partition coefficient (Wildman–Crippen LogP) is 5.08. The molecule has 0 unspecified atom stereocenters. The number of nitrogens with zero attached hydrogens (tertiary/aromatic N) is 1. The van der Waals surface area contributed by atoms with Gasteiger partial charge in [0.15, 0.2) is 6.61 Å². The Bertz CT molecular complexity index is 1260. The number of rotatable bonds is 7. The summed E-state index contributed by atoms with van der Waals surface area (Å²) in [6, 6.07) is 4.96. The van der Waals surface area contributed by atoms with E-state index >= 15 is 0 Å². The number of ether oxygens (including phenoxy) is 1. The van der Waals surface area contributed by atoms with Gasteiger partial charge < -0.3 is 4.74 Å². The van der Waals surface area contributed by atoms with Crippen molar-refractivity contribution in [3.8, 4) is 0 Å². The van der Waals surface area contributed by atoms with Gasteiger partial charge in [0.1, 0.15) is 6.04 Å². The molecule has 1 aliphatic heterocycles. The van der Waals surface area contributed by atoms with E-state index in [0.717, 1.165) is 4.47 Å². The third-order valence-electron chi connectivity index (χ3n) is 5.18. The predicted molar refractivity (Wildman–Crippen MR) is 141 cm³/mol. The van der Waals surface area contributed by atoms with Gasteiger partial charge in [-0.15, -0.1) is 0 Å². The summed E-state index contributed by atoms with van der Waals surface area (Å²) >= 11 is 27.7. The Hall–Kier alpha value is -2.37. The first kappa shape index (κ1) is 29.2. The molecule has 0 saturated heterocycles. The molecular weight excluding hydrogens is 636 g/mol. The molecule has 2 aromatic rings. The third-order valence-corrected chi connectivity index (χ3v) is 7.51. The first-order valence-corrected chi connectivity index (χ1v) is 12.9.